The summed E-state index contributed by atoms with van der Waals surface area (Å²) in [4.78, 5) is 15.9. The summed E-state index contributed by atoms with van der Waals surface area (Å²) in [5.41, 5.74) is 3.23. The van der Waals surface area contributed by atoms with Crippen LogP contribution in [-0.2, 0) is 11.2 Å². The van der Waals surface area contributed by atoms with E-state index >= 15 is 0 Å². The number of hydrogen-bond acceptors (Lipinski definition) is 3. The van der Waals surface area contributed by atoms with Crippen molar-refractivity contribution < 1.29 is 4.79 Å². The van der Waals surface area contributed by atoms with Crippen molar-refractivity contribution in [3.63, 3.8) is 0 Å². The number of carbonyl (C=O) groups is 1. The van der Waals surface area contributed by atoms with Crippen molar-refractivity contribution in [2.24, 2.45) is 5.41 Å². The van der Waals surface area contributed by atoms with Crippen LogP contribution in [0.4, 0.5) is 0 Å². The molecule has 5 rings (SSSR count). The van der Waals surface area contributed by atoms with Crippen molar-refractivity contribution in [1.82, 2.24) is 10.2 Å². The van der Waals surface area contributed by atoms with E-state index in [-0.39, 0.29) is 29.3 Å². The molecule has 0 radical (unpaired) electrons. The molecule has 28 heavy (non-hydrogen) atoms. The van der Waals surface area contributed by atoms with Gasteiger partial charge in [-0.2, -0.15) is 0 Å². The summed E-state index contributed by atoms with van der Waals surface area (Å²) in [6.07, 6.45) is 3.11. The van der Waals surface area contributed by atoms with Crippen LogP contribution in [0.5, 0.6) is 0 Å². The predicted octanol–water partition coefficient (Wildman–Crippen LogP) is 4.97. The highest BCUT2D eigenvalue weighted by atomic mass is 35.5. The summed E-state index contributed by atoms with van der Waals surface area (Å²) in [5.74, 6) is 0.517. The Kier molecular flexibility index (Phi) is 4.55. The maximum absolute atomic E-state index is 13.4. The van der Waals surface area contributed by atoms with Crippen LogP contribution in [0.25, 0.3) is 0 Å². The number of carbonyl (C=O) groups excluding carboxylic acids is 1. The minimum absolute atomic E-state index is 0.197. The number of likely N-dealkylation sites (tertiary alicyclic amines) is 1. The van der Waals surface area contributed by atoms with Gasteiger partial charge in [0.2, 0.25) is 0 Å². The smallest absolute Gasteiger partial charge is 0.145 e. The maximum atomic E-state index is 13.4. The van der Waals surface area contributed by atoms with E-state index in [4.69, 9.17) is 23.2 Å². The van der Waals surface area contributed by atoms with Crippen LogP contribution in [0.15, 0.2) is 42.5 Å². The van der Waals surface area contributed by atoms with Gasteiger partial charge >= 0.3 is 0 Å². The molecule has 0 amide bonds. The molecule has 1 saturated heterocycles. The average molecular weight is 415 g/mol. The lowest BCUT2D eigenvalue weighted by Crippen LogP contribution is -2.42. The first-order valence-corrected chi connectivity index (χ1v) is 10.8. The SMILES string of the molecule is CC1(C(=O)Cc2ccc(Cl)c(Cl)c2)C2NC(N3CCCC3)c3ccccc3C21. The highest BCUT2D eigenvalue weighted by Crippen LogP contribution is 2.64. The first kappa shape index (κ1) is 18.6. The van der Waals surface area contributed by atoms with Gasteiger partial charge in [0.15, 0.2) is 0 Å². The van der Waals surface area contributed by atoms with Gasteiger partial charge in [-0.25, -0.2) is 0 Å². The van der Waals surface area contributed by atoms with E-state index in [0.717, 1.165) is 18.7 Å². The lowest BCUT2D eigenvalue weighted by Gasteiger charge is -2.33. The predicted molar refractivity (Wildman–Crippen MR) is 113 cm³/mol. The fourth-order valence-corrected chi connectivity index (χ4v) is 5.58. The molecule has 2 heterocycles. The van der Waals surface area contributed by atoms with Crippen molar-refractivity contribution in [1.29, 1.82) is 0 Å². The quantitative estimate of drug-likeness (QED) is 0.765. The second kappa shape index (κ2) is 6.84. The third kappa shape index (κ3) is 2.83. The van der Waals surface area contributed by atoms with Gasteiger partial charge in [0.05, 0.1) is 21.6 Å². The van der Waals surface area contributed by atoms with Gasteiger partial charge in [-0.05, 0) is 54.8 Å². The summed E-state index contributed by atoms with van der Waals surface area (Å²) >= 11 is 12.2. The summed E-state index contributed by atoms with van der Waals surface area (Å²) in [6, 6.07) is 14.3. The number of fused-ring (bicyclic) bond motifs is 3. The van der Waals surface area contributed by atoms with Crippen LogP contribution in [0.2, 0.25) is 10.0 Å². The lowest BCUT2D eigenvalue weighted by atomic mass is 9.90. The summed E-state index contributed by atoms with van der Waals surface area (Å²) in [7, 11) is 0. The molecule has 2 aliphatic heterocycles. The van der Waals surface area contributed by atoms with E-state index in [2.05, 4.69) is 41.4 Å². The Bertz CT molecular complexity index is 940. The van der Waals surface area contributed by atoms with Crippen molar-refractivity contribution >= 4 is 29.0 Å². The van der Waals surface area contributed by atoms with Gasteiger partial charge in [0, 0.05) is 18.4 Å². The summed E-state index contributed by atoms with van der Waals surface area (Å²) in [5, 5.41) is 4.85. The van der Waals surface area contributed by atoms with Crippen molar-refractivity contribution in [2.45, 2.75) is 44.3 Å². The topological polar surface area (TPSA) is 32.3 Å². The van der Waals surface area contributed by atoms with Crippen LogP contribution >= 0.6 is 23.2 Å². The Morgan fingerprint density at radius 3 is 2.54 bits per heavy atom. The van der Waals surface area contributed by atoms with Crippen molar-refractivity contribution in [3.8, 4) is 0 Å². The molecule has 2 aromatic carbocycles. The monoisotopic (exact) mass is 414 g/mol. The molecule has 3 aliphatic rings. The van der Waals surface area contributed by atoms with Crippen LogP contribution in [-0.4, -0.2) is 29.8 Å². The van der Waals surface area contributed by atoms with E-state index in [9.17, 15) is 4.79 Å². The van der Waals surface area contributed by atoms with Gasteiger partial charge in [0.25, 0.3) is 0 Å². The standard InChI is InChI=1S/C23H24Cl2N2O/c1-23(19(28)13-14-8-9-17(24)18(25)12-14)20-15-6-2-3-7-16(15)22(26-21(20)23)27-10-4-5-11-27/h2-3,6-9,12,20-22,26H,4-5,10-11,13H2,1H3. The third-order valence-electron chi connectivity index (χ3n) is 6.93. The Labute approximate surface area is 176 Å². The second-order valence-corrected chi connectivity index (χ2v) is 9.34. The molecule has 1 N–H and O–H groups in total. The van der Waals surface area contributed by atoms with E-state index in [1.165, 1.54) is 24.0 Å². The minimum atomic E-state index is -0.378. The van der Waals surface area contributed by atoms with Gasteiger partial charge in [0.1, 0.15) is 5.78 Å². The minimum Gasteiger partial charge on any atom is -0.299 e. The molecule has 2 aromatic rings. The zero-order valence-electron chi connectivity index (χ0n) is 15.9. The summed E-state index contributed by atoms with van der Waals surface area (Å²) in [6.45, 7) is 4.37. The zero-order chi connectivity index (χ0) is 19.5. The number of rotatable bonds is 4. The molecule has 4 unspecified atom stereocenters. The molecule has 146 valence electrons. The van der Waals surface area contributed by atoms with Crippen LogP contribution in [0.1, 0.15) is 48.5 Å². The van der Waals surface area contributed by atoms with Crippen LogP contribution in [0, 0.1) is 5.41 Å². The molecular weight excluding hydrogens is 391 g/mol. The molecule has 0 bridgehead atoms. The Morgan fingerprint density at radius 2 is 1.82 bits per heavy atom. The molecule has 2 fully saturated rings. The largest absolute Gasteiger partial charge is 0.299 e. The van der Waals surface area contributed by atoms with Crippen molar-refractivity contribution in [3.05, 3.63) is 69.2 Å². The number of benzene rings is 2. The number of Topliss-reactive ketones (excluding diaryl/α,β-unsaturated/α-hetero) is 1. The molecule has 0 aromatic heterocycles. The van der Waals surface area contributed by atoms with E-state index in [0.29, 0.717) is 16.5 Å². The molecule has 0 spiro atoms. The van der Waals surface area contributed by atoms with Gasteiger partial charge in [-0.3, -0.25) is 15.0 Å². The Balaban J connectivity index is 1.43. The second-order valence-electron chi connectivity index (χ2n) is 8.53. The average Bonchev–Trinajstić information content (AvgIpc) is 3.05. The van der Waals surface area contributed by atoms with Crippen LogP contribution < -0.4 is 5.32 Å². The number of nitrogens with one attached hydrogen (secondary N) is 1. The highest BCUT2D eigenvalue weighted by molar-refractivity contribution is 6.42. The molecule has 1 aliphatic carbocycles. The summed E-state index contributed by atoms with van der Waals surface area (Å²) < 4.78 is 0. The van der Waals surface area contributed by atoms with Gasteiger partial charge in [-0.15, -0.1) is 0 Å². The fraction of sp³-hybridized carbons (Fsp3) is 0.435. The maximum Gasteiger partial charge on any atom is 0.145 e. The molecule has 3 nitrogen and oxygen atoms in total. The van der Waals surface area contributed by atoms with Gasteiger partial charge < -0.3 is 0 Å². The first-order chi connectivity index (χ1) is 13.5. The van der Waals surface area contributed by atoms with E-state index in [1.54, 1.807) is 6.07 Å². The Morgan fingerprint density at radius 1 is 1.11 bits per heavy atom. The molecule has 5 heteroatoms. The fourth-order valence-electron chi connectivity index (χ4n) is 5.26. The van der Waals surface area contributed by atoms with Crippen LogP contribution in [0.3, 0.4) is 0 Å². The molecular formula is C23H24Cl2N2O. The Hall–Kier alpha value is -1.39. The van der Waals surface area contributed by atoms with Gasteiger partial charge in [-0.1, -0.05) is 60.5 Å². The number of nitrogens with zero attached hydrogens (tertiary/aromatic N) is 1. The highest BCUT2D eigenvalue weighted by Gasteiger charge is 2.68. The van der Waals surface area contributed by atoms with E-state index in [1.807, 2.05) is 12.1 Å². The molecule has 1 saturated carbocycles. The zero-order valence-corrected chi connectivity index (χ0v) is 17.4. The third-order valence-corrected chi connectivity index (χ3v) is 7.67. The van der Waals surface area contributed by atoms with E-state index < -0.39 is 0 Å². The lowest BCUT2D eigenvalue weighted by molar-refractivity contribution is -0.123. The number of halogens is 2. The first-order valence-electron chi connectivity index (χ1n) is 10.1. The molecule has 4 atom stereocenters. The normalized spacial score (nSPS) is 31.3. The number of ketones is 1. The van der Waals surface area contributed by atoms with Crippen molar-refractivity contribution in [2.75, 3.05) is 13.1 Å². The number of hydrogen-bond donors (Lipinski definition) is 1.